The summed E-state index contributed by atoms with van der Waals surface area (Å²) in [5.74, 6) is -0.531. The summed E-state index contributed by atoms with van der Waals surface area (Å²) in [6.07, 6.45) is -1.15. The molecule has 0 aromatic rings. The quantitative estimate of drug-likeness (QED) is 0.248. The number of hydrogen-bond donors (Lipinski definition) is 2. The van der Waals surface area contributed by atoms with Gasteiger partial charge in [-0.3, -0.25) is 4.89 Å². The van der Waals surface area contributed by atoms with Gasteiger partial charge in [-0.2, -0.15) is 4.89 Å². The Hall–Kier alpha value is -1.82. The second-order valence-electron chi connectivity index (χ2n) is 2.96. The molecule has 6 nitrogen and oxygen atoms in total. The molecule has 0 spiro atoms. The Morgan fingerprint density at radius 2 is 1.62 bits per heavy atom. The summed E-state index contributed by atoms with van der Waals surface area (Å²) >= 11 is 0. The third-order valence-electron chi connectivity index (χ3n) is 1.10. The van der Waals surface area contributed by atoms with E-state index in [1.165, 1.54) is 0 Å². The lowest BCUT2D eigenvalue weighted by Crippen LogP contribution is -2.06. The van der Waals surface area contributed by atoms with Gasteiger partial charge in [0.25, 0.3) is 0 Å². The third kappa shape index (κ3) is 18.1. The van der Waals surface area contributed by atoms with Gasteiger partial charge in [0, 0.05) is 5.57 Å². The van der Waals surface area contributed by atoms with E-state index in [2.05, 4.69) is 22.9 Å². The molecule has 0 aliphatic heterocycles. The minimum Gasteiger partial charge on any atom is -0.450 e. The molecule has 0 saturated carbocycles. The van der Waals surface area contributed by atoms with Crippen molar-refractivity contribution in [3.05, 3.63) is 24.3 Å². The van der Waals surface area contributed by atoms with E-state index >= 15 is 0 Å². The van der Waals surface area contributed by atoms with Gasteiger partial charge in [-0.05, 0) is 20.3 Å². The fourth-order valence-corrected chi connectivity index (χ4v) is 0.382. The van der Waals surface area contributed by atoms with Crippen molar-refractivity contribution >= 4 is 12.1 Å². The number of carboxylic acid groups (broad SMARTS) is 2. The van der Waals surface area contributed by atoms with Crippen molar-refractivity contribution in [3.63, 3.8) is 0 Å². The van der Waals surface area contributed by atoms with Crippen molar-refractivity contribution in [1.29, 1.82) is 0 Å². The van der Waals surface area contributed by atoms with Gasteiger partial charge in [0.05, 0.1) is 6.61 Å². The van der Waals surface area contributed by atoms with Crippen molar-refractivity contribution < 1.29 is 29.6 Å². The van der Waals surface area contributed by atoms with Crippen LogP contribution < -0.4 is 0 Å². The van der Waals surface area contributed by atoms with E-state index in [9.17, 15) is 4.79 Å². The van der Waals surface area contributed by atoms with Gasteiger partial charge in [0.1, 0.15) is 0 Å². The number of carbonyl (C=O) groups excluding carboxylic acids is 1. The average molecular weight is 232 g/mol. The van der Waals surface area contributed by atoms with E-state index < -0.39 is 12.1 Å². The van der Waals surface area contributed by atoms with E-state index in [1.807, 2.05) is 6.92 Å². The molecular formula is C10H16O6. The van der Waals surface area contributed by atoms with Crippen LogP contribution in [-0.4, -0.2) is 28.9 Å². The van der Waals surface area contributed by atoms with Crippen LogP contribution in [0.3, 0.4) is 0 Å². The Kier molecular flexibility index (Phi) is 10.1. The van der Waals surface area contributed by atoms with E-state index in [0.717, 1.165) is 5.57 Å². The Balaban J connectivity index is 0. The molecule has 0 rings (SSSR count). The molecule has 92 valence electrons. The van der Waals surface area contributed by atoms with Gasteiger partial charge in [0.15, 0.2) is 0 Å². The zero-order chi connectivity index (χ0) is 13.1. The minimum atomic E-state index is -1.83. The summed E-state index contributed by atoms with van der Waals surface area (Å²) < 4.78 is 0. The largest absolute Gasteiger partial charge is 0.503 e. The third-order valence-corrected chi connectivity index (χ3v) is 1.10. The van der Waals surface area contributed by atoms with Crippen LogP contribution in [0.5, 0.6) is 0 Å². The van der Waals surface area contributed by atoms with Crippen LogP contribution in [0.4, 0.5) is 4.79 Å². The monoisotopic (exact) mass is 232 g/mol. The Morgan fingerprint density at radius 3 is 1.94 bits per heavy atom. The van der Waals surface area contributed by atoms with E-state index in [1.54, 1.807) is 6.92 Å². The molecule has 16 heavy (non-hydrogen) atoms. The predicted molar refractivity (Wildman–Crippen MR) is 56.9 cm³/mol. The Labute approximate surface area is 93.7 Å². The molecule has 0 fully saturated rings. The highest BCUT2D eigenvalue weighted by atomic mass is 17.2. The SMILES string of the molecule is C=C(C)CCOOC(=O)C(=C)C.O=C(O)O. The van der Waals surface area contributed by atoms with E-state index in [-0.39, 0.29) is 0 Å². The summed E-state index contributed by atoms with van der Waals surface area (Å²) in [4.78, 5) is 28.2. The normalized spacial score (nSPS) is 8.38. The van der Waals surface area contributed by atoms with Crippen molar-refractivity contribution in [1.82, 2.24) is 0 Å². The molecule has 0 amide bonds. The molecule has 0 aromatic heterocycles. The zero-order valence-electron chi connectivity index (χ0n) is 9.36. The fraction of sp³-hybridized carbons (Fsp3) is 0.400. The number of hydrogen-bond acceptors (Lipinski definition) is 4. The van der Waals surface area contributed by atoms with Gasteiger partial charge in [-0.1, -0.05) is 12.2 Å². The molecule has 0 aliphatic rings. The van der Waals surface area contributed by atoms with Crippen LogP contribution in [0.15, 0.2) is 24.3 Å². The molecule has 0 saturated heterocycles. The first-order valence-corrected chi connectivity index (χ1v) is 4.33. The summed E-state index contributed by atoms with van der Waals surface area (Å²) in [5, 5.41) is 13.9. The maximum absolute atomic E-state index is 10.7. The van der Waals surface area contributed by atoms with E-state index in [0.29, 0.717) is 18.6 Å². The highest BCUT2D eigenvalue weighted by Gasteiger charge is 2.02. The molecule has 0 atom stereocenters. The summed E-state index contributed by atoms with van der Waals surface area (Å²) in [6, 6.07) is 0. The van der Waals surface area contributed by atoms with Crippen molar-refractivity contribution in [2.45, 2.75) is 20.3 Å². The van der Waals surface area contributed by atoms with Gasteiger partial charge < -0.3 is 10.2 Å². The van der Waals surface area contributed by atoms with Crippen LogP contribution in [-0.2, 0) is 14.6 Å². The zero-order valence-corrected chi connectivity index (χ0v) is 9.36. The highest BCUT2D eigenvalue weighted by Crippen LogP contribution is 1.97. The van der Waals surface area contributed by atoms with Crippen molar-refractivity contribution in [3.8, 4) is 0 Å². The molecule has 2 N–H and O–H groups in total. The maximum Gasteiger partial charge on any atom is 0.503 e. The van der Waals surface area contributed by atoms with Gasteiger partial charge >= 0.3 is 12.1 Å². The lowest BCUT2D eigenvalue weighted by molar-refractivity contribution is -0.267. The average Bonchev–Trinajstić information content (AvgIpc) is 2.10. The fourth-order valence-electron chi connectivity index (χ4n) is 0.382. The molecule has 0 bridgehead atoms. The van der Waals surface area contributed by atoms with Crippen molar-refractivity contribution in [2.75, 3.05) is 6.61 Å². The molecular weight excluding hydrogens is 216 g/mol. The Bertz CT molecular complexity index is 264. The van der Waals surface area contributed by atoms with Gasteiger partial charge in [-0.15, -0.1) is 6.58 Å². The molecule has 0 unspecified atom stereocenters. The standard InChI is InChI=1S/C9H14O3.CH2O3/c1-7(2)5-6-11-12-9(10)8(3)4;2-1(3)4/h1,3,5-6H2,2,4H3;(H2,2,3,4). The molecule has 0 aliphatic carbocycles. The summed E-state index contributed by atoms with van der Waals surface area (Å²) in [6.45, 7) is 10.8. The highest BCUT2D eigenvalue weighted by molar-refractivity contribution is 5.86. The smallest absolute Gasteiger partial charge is 0.450 e. The first-order valence-electron chi connectivity index (χ1n) is 4.33. The van der Waals surface area contributed by atoms with Crippen LogP contribution in [0.2, 0.25) is 0 Å². The lowest BCUT2D eigenvalue weighted by atomic mass is 10.3. The van der Waals surface area contributed by atoms with Crippen LogP contribution >= 0.6 is 0 Å². The molecule has 0 heterocycles. The first-order chi connectivity index (χ1) is 7.27. The molecule has 6 heteroatoms. The minimum absolute atomic E-state index is 0.324. The van der Waals surface area contributed by atoms with Crippen molar-refractivity contribution in [2.24, 2.45) is 0 Å². The number of rotatable bonds is 5. The first kappa shape index (κ1) is 16.6. The van der Waals surface area contributed by atoms with Crippen LogP contribution in [0, 0.1) is 0 Å². The topological polar surface area (TPSA) is 93.1 Å². The molecule has 0 aromatic carbocycles. The maximum atomic E-state index is 10.7. The van der Waals surface area contributed by atoms with E-state index in [4.69, 9.17) is 15.0 Å². The van der Waals surface area contributed by atoms with Gasteiger partial charge in [-0.25, -0.2) is 9.59 Å². The van der Waals surface area contributed by atoms with Gasteiger partial charge in [0.2, 0.25) is 0 Å². The number of carbonyl (C=O) groups is 2. The Morgan fingerprint density at radius 1 is 1.19 bits per heavy atom. The second-order valence-corrected chi connectivity index (χ2v) is 2.96. The predicted octanol–water partition coefficient (Wildman–Crippen LogP) is 2.23. The molecule has 0 radical (unpaired) electrons. The van der Waals surface area contributed by atoms with Crippen LogP contribution in [0.1, 0.15) is 20.3 Å². The summed E-state index contributed by atoms with van der Waals surface area (Å²) in [7, 11) is 0. The second kappa shape index (κ2) is 9.72. The van der Waals surface area contributed by atoms with Crippen LogP contribution in [0.25, 0.3) is 0 Å². The summed E-state index contributed by atoms with van der Waals surface area (Å²) in [5.41, 5.74) is 1.31. The lowest BCUT2D eigenvalue weighted by Gasteiger charge is -2.02.